The minimum atomic E-state index is -0.177. The van der Waals surface area contributed by atoms with Gasteiger partial charge in [0.05, 0.1) is 12.2 Å². The van der Waals surface area contributed by atoms with E-state index in [1.165, 1.54) is 32.1 Å². The molecule has 0 spiro atoms. The van der Waals surface area contributed by atoms with Gasteiger partial charge in [-0.1, -0.05) is 50.3 Å². The van der Waals surface area contributed by atoms with Crippen LogP contribution in [0, 0.1) is 12.8 Å². The lowest BCUT2D eigenvalue weighted by Crippen LogP contribution is -2.13. The van der Waals surface area contributed by atoms with Gasteiger partial charge < -0.3 is 4.74 Å². The molecule has 0 amide bonds. The standard InChI is InChI=1S/C16H22O2/c1-13-7-5-6-10-15(13)16(17)18-12-11-14-8-3-2-4-9-14/h5-7,10,14H,2-4,8-9,11-12H2,1H3. The van der Waals surface area contributed by atoms with Gasteiger partial charge in [0.1, 0.15) is 0 Å². The van der Waals surface area contributed by atoms with E-state index in [-0.39, 0.29) is 5.97 Å². The molecule has 1 aliphatic rings. The van der Waals surface area contributed by atoms with E-state index in [2.05, 4.69) is 0 Å². The van der Waals surface area contributed by atoms with Crippen LogP contribution in [0.5, 0.6) is 0 Å². The second-order valence-electron chi connectivity index (χ2n) is 5.24. The molecule has 0 atom stereocenters. The van der Waals surface area contributed by atoms with Gasteiger partial charge in [0.2, 0.25) is 0 Å². The Hall–Kier alpha value is -1.31. The number of hydrogen-bond donors (Lipinski definition) is 0. The van der Waals surface area contributed by atoms with Gasteiger partial charge in [-0.25, -0.2) is 4.79 Å². The number of esters is 1. The molecule has 0 N–H and O–H groups in total. The highest BCUT2D eigenvalue weighted by molar-refractivity contribution is 5.90. The van der Waals surface area contributed by atoms with Gasteiger partial charge in [0.25, 0.3) is 0 Å². The Kier molecular flexibility index (Phi) is 4.80. The second-order valence-corrected chi connectivity index (χ2v) is 5.24. The maximum Gasteiger partial charge on any atom is 0.338 e. The molecule has 0 aromatic heterocycles. The van der Waals surface area contributed by atoms with Crippen molar-refractivity contribution in [2.75, 3.05) is 6.61 Å². The van der Waals surface area contributed by atoms with E-state index >= 15 is 0 Å². The lowest BCUT2D eigenvalue weighted by atomic mass is 9.87. The zero-order chi connectivity index (χ0) is 12.8. The molecule has 1 aromatic carbocycles. The molecule has 98 valence electrons. The average molecular weight is 246 g/mol. The maximum atomic E-state index is 11.9. The van der Waals surface area contributed by atoms with E-state index in [0.717, 1.165) is 17.9 Å². The minimum absolute atomic E-state index is 0.177. The molecule has 0 bridgehead atoms. The molecule has 2 rings (SSSR count). The quantitative estimate of drug-likeness (QED) is 0.747. The van der Waals surface area contributed by atoms with Crippen LogP contribution >= 0.6 is 0 Å². The van der Waals surface area contributed by atoms with Gasteiger partial charge in [-0.2, -0.15) is 0 Å². The summed E-state index contributed by atoms with van der Waals surface area (Å²) < 4.78 is 5.37. The lowest BCUT2D eigenvalue weighted by molar-refractivity contribution is 0.0474. The summed E-state index contributed by atoms with van der Waals surface area (Å²) in [7, 11) is 0. The zero-order valence-corrected chi connectivity index (χ0v) is 11.2. The highest BCUT2D eigenvalue weighted by Gasteiger charge is 2.15. The zero-order valence-electron chi connectivity index (χ0n) is 11.2. The van der Waals surface area contributed by atoms with Crippen molar-refractivity contribution >= 4 is 5.97 Å². The number of ether oxygens (including phenoxy) is 1. The fourth-order valence-electron chi connectivity index (χ4n) is 2.67. The first-order valence-electron chi connectivity index (χ1n) is 7.00. The smallest absolute Gasteiger partial charge is 0.338 e. The van der Waals surface area contributed by atoms with Crippen molar-refractivity contribution in [3.8, 4) is 0 Å². The highest BCUT2D eigenvalue weighted by Crippen LogP contribution is 2.26. The molecule has 0 unspecified atom stereocenters. The molecule has 1 aromatic rings. The number of carbonyl (C=O) groups excluding carboxylic acids is 1. The third-order valence-corrected chi connectivity index (χ3v) is 3.85. The monoisotopic (exact) mass is 246 g/mol. The first-order valence-corrected chi connectivity index (χ1v) is 7.00. The van der Waals surface area contributed by atoms with E-state index in [1.54, 1.807) is 0 Å². The van der Waals surface area contributed by atoms with Crippen LogP contribution in [-0.4, -0.2) is 12.6 Å². The second kappa shape index (κ2) is 6.58. The summed E-state index contributed by atoms with van der Waals surface area (Å²) in [5.74, 6) is 0.590. The van der Waals surface area contributed by atoms with E-state index in [9.17, 15) is 4.79 Å². The molecule has 1 saturated carbocycles. The van der Waals surface area contributed by atoms with Gasteiger partial charge in [-0.05, 0) is 30.9 Å². The van der Waals surface area contributed by atoms with Crippen LogP contribution in [0.3, 0.4) is 0 Å². The lowest BCUT2D eigenvalue weighted by Gasteiger charge is -2.21. The molecule has 1 fully saturated rings. The molecule has 0 aliphatic heterocycles. The fourth-order valence-corrected chi connectivity index (χ4v) is 2.67. The van der Waals surface area contributed by atoms with Gasteiger partial charge in [0.15, 0.2) is 0 Å². The number of carbonyl (C=O) groups is 1. The summed E-state index contributed by atoms with van der Waals surface area (Å²) >= 11 is 0. The third-order valence-electron chi connectivity index (χ3n) is 3.85. The van der Waals surface area contributed by atoms with Crippen molar-refractivity contribution in [1.29, 1.82) is 0 Å². The predicted molar refractivity (Wildman–Crippen MR) is 72.7 cm³/mol. The van der Waals surface area contributed by atoms with Crippen molar-refractivity contribution in [1.82, 2.24) is 0 Å². The Morgan fingerprint density at radius 2 is 1.94 bits per heavy atom. The van der Waals surface area contributed by atoms with Crippen LogP contribution < -0.4 is 0 Å². The summed E-state index contributed by atoms with van der Waals surface area (Å²) in [6, 6.07) is 7.59. The Morgan fingerprint density at radius 1 is 1.22 bits per heavy atom. The van der Waals surface area contributed by atoms with Gasteiger partial charge in [-0.3, -0.25) is 0 Å². The Labute approximate surface area is 109 Å². The summed E-state index contributed by atoms with van der Waals surface area (Å²) in [5, 5.41) is 0. The van der Waals surface area contributed by atoms with Crippen LogP contribution in [0.25, 0.3) is 0 Å². The Bertz CT molecular complexity index is 392. The Morgan fingerprint density at radius 3 is 2.67 bits per heavy atom. The normalized spacial score (nSPS) is 16.5. The van der Waals surface area contributed by atoms with Crippen molar-refractivity contribution in [3.05, 3.63) is 35.4 Å². The van der Waals surface area contributed by atoms with Crippen LogP contribution in [0.15, 0.2) is 24.3 Å². The van der Waals surface area contributed by atoms with E-state index in [1.807, 2.05) is 31.2 Å². The van der Waals surface area contributed by atoms with E-state index in [0.29, 0.717) is 12.2 Å². The van der Waals surface area contributed by atoms with Crippen molar-refractivity contribution in [2.24, 2.45) is 5.92 Å². The van der Waals surface area contributed by atoms with Gasteiger partial charge in [-0.15, -0.1) is 0 Å². The molecule has 0 heterocycles. The summed E-state index contributed by atoms with van der Waals surface area (Å²) in [6.07, 6.45) is 7.70. The largest absolute Gasteiger partial charge is 0.462 e. The summed E-state index contributed by atoms with van der Waals surface area (Å²) in [5.41, 5.74) is 1.68. The van der Waals surface area contributed by atoms with Gasteiger partial charge >= 0.3 is 5.97 Å². The maximum absolute atomic E-state index is 11.9. The van der Waals surface area contributed by atoms with Crippen molar-refractivity contribution < 1.29 is 9.53 Å². The number of hydrogen-bond acceptors (Lipinski definition) is 2. The third kappa shape index (κ3) is 3.59. The van der Waals surface area contributed by atoms with E-state index in [4.69, 9.17) is 4.74 Å². The van der Waals surface area contributed by atoms with Crippen LogP contribution in [0.1, 0.15) is 54.4 Å². The van der Waals surface area contributed by atoms with Crippen LogP contribution in [0.2, 0.25) is 0 Å². The topological polar surface area (TPSA) is 26.3 Å². The number of rotatable bonds is 4. The molecule has 0 saturated heterocycles. The first-order chi connectivity index (χ1) is 8.77. The van der Waals surface area contributed by atoms with Crippen LogP contribution in [-0.2, 0) is 4.74 Å². The Balaban J connectivity index is 1.76. The highest BCUT2D eigenvalue weighted by atomic mass is 16.5. The SMILES string of the molecule is Cc1ccccc1C(=O)OCCC1CCCCC1. The number of benzene rings is 1. The van der Waals surface area contributed by atoms with Crippen LogP contribution in [0.4, 0.5) is 0 Å². The van der Waals surface area contributed by atoms with E-state index < -0.39 is 0 Å². The predicted octanol–water partition coefficient (Wildman–Crippen LogP) is 4.12. The molecule has 18 heavy (non-hydrogen) atoms. The molecular formula is C16H22O2. The van der Waals surface area contributed by atoms with Crippen molar-refractivity contribution in [2.45, 2.75) is 45.4 Å². The molecule has 0 radical (unpaired) electrons. The summed E-state index contributed by atoms with van der Waals surface area (Å²) in [4.78, 5) is 11.9. The number of aryl methyl sites for hydroxylation is 1. The molecule has 1 aliphatic carbocycles. The first kappa shape index (κ1) is 13.1. The minimum Gasteiger partial charge on any atom is -0.462 e. The molecule has 2 heteroatoms. The molecular weight excluding hydrogens is 224 g/mol. The average Bonchev–Trinajstić information content (AvgIpc) is 2.40. The summed E-state index contributed by atoms with van der Waals surface area (Å²) in [6.45, 7) is 2.51. The molecule has 2 nitrogen and oxygen atoms in total. The van der Waals surface area contributed by atoms with Crippen molar-refractivity contribution in [3.63, 3.8) is 0 Å². The van der Waals surface area contributed by atoms with Gasteiger partial charge in [0, 0.05) is 0 Å². The fraction of sp³-hybridized carbons (Fsp3) is 0.562.